The van der Waals surface area contributed by atoms with E-state index in [1.807, 2.05) is 54.6 Å². The fraction of sp³-hybridized carbons (Fsp3) is 0.133. The topological polar surface area (TPSA) is 113 Å². The lowest BCUT2D eigenvalue weighted by Gasteiger charge is -2.20. The van der Waals surface area contributed by atoms with Gasteiger partial charge in [-0.15, -0.1) is 0 Å². The lowest BCUT2D eigenvalue weighted by Crippen LogP contribution is -2.12. The Morgan fingerprint density at radius 2 is 1.00 bits per heavy atom. The molecule has 0 aliphatic rings. The summed E-state index contributed by atoms with van der Waals surface area (Å²) < 4.78 is 45.9. The van der Waals surface area contributed by atoms with Crippen LogP contribution in [0.15, 0.2) is 108 Å². The van der Waals surface area contributed by atoms with Gasteiger partial charge in [0.2, 0.25) is 0 Å². The van der Waals surface area contributed by atoms with Crippen LogP contribution in [-0.4, -0.2) is 36.4 Å². The molecule has 0 saturated carbocycles. The Kier molecular flexibility index (Phi) is 7.31. The maximum atomic E-state index is 12.0. The van der Waals surface area contributed by atoms with E-state index in [1.54, 1.807) is 30.3 Å². The van der Waals surface area contributed by atoms with E-state index in [4.69, 9.17) is 9.47 Å². The third-order valence-electron chi connectivity index (χ3n) is 6.33. The van der Waals surface area contributed by atoms with Gasteiger partial charge >= 0.3 is 0 Å². The van der Waals surface area contributed by atoms with Crippen molar-refractivity contribution in [3.05, 3.63) is 114 Å². The predicted molar refractivity (Wildman–Crippen MR) is 145 cm³/mol. The number of fused-ring (bicyclic) bond motifs is 2. The molecule has 8 heteroatoms. The molecule has 0 fully saturated rings. The van der Waals surface area contributed by atoms with E-state index >= 15 is 0 Å². The van der Waals surface area contributed by atoms with Crippen molar-refractivity contribution in [3.63, 3.8) is 0 Å². The highest BCUT2D eigenvalue weighted by Crippen LogP contribution is 2.44. The summed E-state index contributed by atoms with van der Waals surface area (Å²) in [5.74, 6) is 0.774. The third-order valence-corrected chi connectivity index (χ3v) is 7.18. The van der Waals surface area contributed by atoms with Gasteiger partial charge in [0.1, 0.15) is 36.9 Å². The third kappa shape index (κ3) is 5.34. The zero-order valence-corrected chi connectivity index (χ0v) is 21.1. The normalized spacial score (nSPS) is 13.3. The Balaban J connectivity index is 1.61. The molecule has 0 spiro atoms. The van der Waals surface area contributed by atoms with Crippen LogP contribution in [0.5, 0.6) is 11.5 Å². The molecule has 0 saturated heterocycles. The second-order valence-electron chi connectivity index (χ2n) is 8.86. The molecule has 194 valence electrons. The number of hydrogen-bond acceptors (Lipinski definition) is 6. The van der Waals surface area contributed by atoms with Gasteiger partial charge in [-0.1, -0.05) is 84.9 Å². The highest BCUT2D eigenvalue weighted by atomic mass is 32.2. The second-order valence-corrected chi connectivity index (χ2v) is 10.3. The first kappa shape index (κ1) is 25.7. The van der Waals surface area contributed by atoms with E-state index in [1.165, 1.54) is 18.2 Å². The number of rotatable bonds is 9. The standard InChI is InChI=1S/C30H26O7S/c31-27(20-9-3-1-4-10-20)18-36-29-23-13-7-8-14-24(23)30(37-19-28(32)21-11-5-2-6-12-21)26-17-22(38(33,34)35)15-16-25(26)29/h1-17,27-28,31-32H,18-19H2,(H,33,34,35). The van der Waals surface area contributed by atoms with E-state index in [0.717, 1.165) is 0 Å². The van der Waals surface area contributed by atoms with Crippen molar-refractivity contribution < 1.29 is 32.7 Å². The van der Waals surface area contributed by atoms with Gasteiger partial charge in [-0.2, -0.15) is 8.42 Å². The van der Waals surface area contributed by atoms with Crippen molar-refractivity contribution >= 4 is 31.7 Å². The summed E-state index contributed by atoms with van der Waals surface area (Å²) >= 11 is 0. The van der Waals surface area contributed by atoms with E-state index < -0.39 is 22.3 Å². The zero-order chi connectivity index (χ0) is 26.7. The molecule has 0 bridgehead atoms. The van der Waals surface area contributed by atoms with E-state index in [2.05, 4.69) is 0 Å². The zero-order valence-electron chi connectivity index (χ0n) is 20.3. The average molecular weight is 531 g/mol. The van der Waals surface area contributed by atoms with Gasteiger partial charge in [-0.05, 0) is 29.3 Å². The second kappa shape index (κ2) is 10.8. The molecule has 2 atom stereocenters. The van der Waals surface area contributed by atoms with Crippen LogP contribution >= 0.6 is 0 Å². The van der Waals surface area contributed by atoms with Crippen molar-refractivity contribution in [2.24, 2.45) is 0 Å². The summed E-state index contributed by atoms with van der Waals surface area (Å²) in [5, 5.41) is 23.6. The smallest absolute Gasteiger partial charge is 0.294 e. The van der Waals surface area contributed by atoms with E-state index in [9.17, 15) is 23.2 Å². The Bertz CT molecular complexity index is 1670. The molecular weight excluding hydrogens is 504 g/mol. The van der Waals surface area contributed by atoms with Gasteiger partial charge < -0.3 is 19.7 Å². The van der Waals surface area contributed by atoms with Crippen LogP contribution in [0.3, 0.4) is 0 Å². The minimum Gasteiger partial charge on any atom is -0.489 e. The Morgan fingerprint density at radius 3 is 1.47 bits per heavy atom. The van der Waals surface area contributed by atoms with Gasteiger partial charge in [0.25, 0.3) is 10.1 Å². The molecule has 3 N–H and O–H groups in total. The minimum atomic E-state index is -4.50. The molecule has 5 aromatic carbocycles. The number of aliphatic hydroxyl groups excluding tert-OH is 2. The maximum absolute atomic E-state index is 12.0. The molecule has 5 aromatic rings. The van der Waals surface area contributed by atoms with Crippen LogP contribution in [0.1, 0.15) is 23.3 Å². The molecular formula is C30H26O7S. The quantitative estimate of drug-likeness (QED) is 0.171. The molecule has 0 aromatic heterocycles. The number of hydrogen-bond donors (Lipinski definition) is 3. The maximum Gasteiger partial charge on any atom is 0.294 e. The molecule has 38 heavy (non-hydrogen) atoms. The van der Waals surface area contributed by atoms with Crippen LogP contribution in [0, 0.1) is 0 Å². The molecule has 0 aliphatic heterocycles. The Morgan fingerprint density at radius 1 is 0.579 bits per heavy atom. The fourth-order valence-corrected chi connectivity index (χ4v) is 4.92. The van der Waals surface area contributed by atoms with Gasteiger partial charge in [-0.3, -0.25) is 4.55 Å². The van der Waals surface area contributed by atoms with Crippen LogP contribution < -0.4 is 9.47 Å². The highest BCUT2D eigenvalue weighted by molar-refractivity contribution is 7.85. The van der Waals surface area contributed by atoms with Crippen molar-refractivity contribution in [1.29, 1.82) is 0 Å². The average Bonchev–Trinajstić information content (AvgIpc) is 2.94. The van der Waals surface area contributed by atoms with Crippen LogP contribution in [-0.2, 0) is 10.1 Å². The summed E-state index contributed by atoms with van der Waals surface area (Å²) in [6.07, 6.45) is -1.81. The monoisotopic (exact) mass is 530 g/mol. The molecule has 7 nitrogen and oxygen atoms in total. The lowest BCUT2D eigenvalue weighted by atomic mass is 10.0. The van der Waals surface area contributed by atoms with Gasteiger partial charge in [0.05, 0.1) is 4.90 Å². The first-order chi connectivity index (χ1) is 18.3. The number of ether oxygens (including phenoxy) is 2. The van der Waals surface area contributed by atoms with Crippen LogP contribution in [0.2, 0.25) is 0 Å². The Hall–Kier alpha value is -3.95. The summed E-state index contributed by atoms with van der Waals surface area (Å²) in [4.78, 5) is -0.302. The summed E-state index contributed by atoms with van der Waals surface area (Å²) in [7, 11) is -4.50. The molecule has 2 unspecified atom stereocenters. The minimum absolute atomic E-state index is 0.0456. The van der Waals surface area contributed by atoms with Crippen molar-refractivity contribution in [2.75, 3.05) is 13.2 Å². The fourth-order valence-electron chi connectivity index (χ4n) is 4.42. The molecule has 5 rings (SSSR count). The van der Waals surface area contributed by atoms with Gasteiger partial charge in [0, 0.05) is 21.5 Å². The van der Waals surface area contributed by atoms with Gasteiger partial charge in [-0.25, -0.2) is 0 Å². The van der Waals surface area contributed by atoms with Crippen molar-refractivity contribution in [3.8, 4) is 11.5 Å². The van der Waals surface area contributed by atoms with E-state index in [-0.39, 0.29) is 18.1 Å². The molecule has 0 radical (unpaired) electrons. The van der Waals surface area contributed by atoms with E-state index in [0.29, 0.717) is 44.2 Å². The summed E-state index contributed by atoms with van der Waals surface area (Å²) in [5.41, 5.74) is 1.37. The Labute approximate surface area is 220 Å². The molecule has 0 aliphatic carbocycles. The predicted octanol–water partition coefficient (Wildman–Crippen LogP) is 5.46. The first-order valence-corrected chi connectivity index (χ1v) is 13.4. The van der Waals surface area contributed by atoms with Crippen LogP contribution in [0.4, 0.5) is 0 Å². The summed E-state index contributed by atoms with van der Waals surface area (Å²) in [6, 6.07) is 29.6. The SMILES string of the molecule is O=S(=O)(O)c1ccc2c(OCC(O)c3ccccc3)c3ccccc3c(OCC(O)c3ccccc3)c2c1. The van der Waals surface area contributed by atoms with Crippen molar-refractivity contribution in [2.45, 2.75) is 17.1 Å². The molecule has 0 heterocycles. The van der Waals surface area contributed by atoms with Crippen LogP contribution in [0.25, 0.3) is 21.5 Å². The highest BCUT2D eigenvalue weighted by Gasteiger charge is 2.21. The largest absolute Gasteiger partial charge is 0.489 e. The van der Waals surface area contributed by atoms with Crippen molar-refractivity contribution in [1.82, 2.24) is 0 Å². The summed E-state index contributed by atoms with van der Waals surface area (Å²) in [6.45, 7) is -0.137. The van der Waals surface area contributed by atoms with Gasteiger partial charge in [0.15, 0.2) is 0 Å². The first-order valence-electron chi connectivity index (χ1n) is 12.0. The molecule has 0 amide bonds. The lowest BCUT2D eigenvalue weighted by molar-refractivity contribution is 0.108. The number of benzene rings is 5. The number of aliphatic hydroxyl groups is 2.